The Kier molecular flexibility index (Phi) is 6.88. The van der Waals surface area contributed by atoms with Crippen molar-refractivity contribution in [2.45, 2.75) is 37.0 Å². The molecule has 4 rings (SSSR count). The van der Waals surface area contributed by atoms with Crippen molar-refractivity contribution < 1.29 is 22.7 Å². The molecule has 0 unspecified atom stereocenters. The fourth-order valence-corrected chi connectivity index (χ4v) is 5.73. The van der Waals surface area contributed by atoms with Gasteiger partial charge in [-0.2, -0.15) is 4.31 Å². The largest absolute Gasteiger partial charge is 0.486 e. The van der Waals surface area contributed by atoms with Crippen LogP contribution in [0.15, 0.2) is 47.4 Å². The number of fused-ring (bicyclic) bond motifs is 1. The highest BCUT2D eigenvalue weighted by molar-refractivity contribution is 7.89. The van der Waals surface area contributed by atoms with Crippen LogP contribution >= 0.6 is 11.6 Å². The molecule has 2 aliphatic heterocycles. The number of carbonyl (C=O) groups is 1. The average molecular weight is 493 g/mol. The summed E-state index contributed by atoms with van der Waals surface area (Å²) in [6.07, 6.45) is 0.978. The highest BCUT2D eigenvalue weighted by Crippen LogP contribution is 2.35. The van der Waals surface area contributed by atoms with Crippen molar-refractivity contribution in [1.82, 2.24) is 9.62 Å². The molecule has 2 heterocycles. The maximum atomic E-state index is 12.9. The minimum atomic E-state index is -3.59. The van der Waals surface area contributed by atoms with Gasteiger partial charge in [-0.05, 0) is 54.8 Å². The predicted octanol–water partition coefficient (Wildman–Crippen LogP) is 3.61. The zero-order chi connectivity index (χ0) is 23.6. The van der Waals surface area contributed by atoms with Crippen molar-refractivity contribution in [3.8, 4) is 11.5 Å². The SMILES string of the molecule is CC(C)(CNC(=O)C1CCN(S(=O)(=O)c2ccc(Cl)cc2)CC1)c1ccc2c(c1)OCCO2. The van der Waals surface area contributed by atoms with Crippen molar-refractivity contribution in [1.29, 1.82) is 0 Å². The van der Waals surface area contributed by atoms with Gasteiger partial charge in [0.25, 0.3) is 0 Å². The van der Waals surface area contributed by atoms with Crippen LogP contribution in [0.4, 0.5) is 0 Å². The Morgan fingerprint density at radius 2 is 1.70 bits per heavy atom. The Morgan fingerprint density at radius 1 is 1.06 bits per heavy atom. The minimum absolute atomic E-state index is 0.0378. The van der Waals surface area contributed by atoms with Gasteiger partial charge in [-0.1, -0.05) is 31.5 Å². The van der Waals surface area contributed by atoms with Gasteiger partial charge < -0.3 is 14.8 Å². The molecule has 0 spiro atoms. The number of carbonyl (C=O) groups excluding carboxylic acids is 1. The molecule has 33 heavy (non-hydrogen) atoms. The zero-order valence-electron chi connectivity index (χ0n) is 18.8. The van der Waals surface area contributed by atoms with Gasteiger partial charge in [0, 0.05) is 36.0 Å². The van der Waals surface area contributed by atoms with E-state index in [0.29, 0.717) is 50.7 Å². The minimum Gasteiger partial charge on any atom is -0.486 e. The number of ether oxygens (including phenoxy) is 2. The molecule has 1 amide bonds. The number of hydrogen-bond donors (Lipinski definition) is 1. The van der Waals surface area contributed by atoms with Crippen LogP contribution in [0.25, 0.3) is 0 Å². The maximum absolute atomic E-state index is 12.9. The molecule has 0 aromatic heterocycles. The van der Waals surface area contributed by atoms with E-state index >= 15 is 0 Å². The molecular formula is C24H29ClN2O5S. The number of benzene rings is 2. The van der Waals surface area contributed by atoms with Crippen molar-refractivity contribution in [3.63, 3.8) is 0 Å². The quantitative estimate of drug-likeness (QED) is 0.666. The lowest BCUT2D eigenvalue weighted by Gasteiger charge is -2.32. The number of amides is 1. The van der Waals surface area contributed by atoms with Gasteiger partial charge in [0.1, 0.15) is 13.2 Å². The molecule has 0 aliphatic carbocycles. The molecular weight excluding hydrogens is 464 g/mol. The summed E-state index contributed by atoms with van der Waals surface area (Å²) in [6, 6.07) is 12.0. The number of sulfonamides is 1. The normalized spacial score (nSPS) is 17.5. The third-order valence-electron chi connectivity index (χ3n) is 6.30. The van der Waals surface area contributed by atoms with E-state index < -0.39 is 10.0 Å². The highest BCUT2D eigenvalue weighted by atomic mass is 35.5. The molecule has 0 bridgehead atoms. The third kappa shape index (κ3) is 5.28. The van der Waals surface area contributed by atoms with Crippen LogP contribution in [0.2, 0.25) is 5.02 Å². The Morgan fingerprint density at radius 3 is 2.36 bits per heavy atom. The van der Waals surface area contributed by atoms with Crippen molar-refractivity contribution >= 4 is 27.5 Å². The molecule has 178 valence electrons. The monoisotopic (exact) mass is 492 g/mol. The van der Waals surface area contributed by atoms with Crippen LogP contribution in [0.3, 0.4) is 0 Å². The number of nitrogens with zero attached hydrogens (tertiary/aromatic N) is 1. The molecule has 9 heteroatoms. The highest BCUT2D eigenvalue weighted by Gasteiger charge is 2.33. The van der Waals surface area contributed by atoms with Crippen LogP contribution in [0, 0.1) is 5.92 Å². The van der Waals surface area contributed by atoms with Gasteiger partial charge >= 0.3 is 0 Å². The second kappa shape index (κ2) is 9.52. The summed E-state index contributed by atoms with van der Waals surface area (Å²) in [5.41, 5.74) is 0.750. The van der Waals surface area contributed by atoms with E-state index in [2.05, 4.69) is 19.2 Å². The zero-order valence-corrected chi connectivity index (χ0v) is 20.4. The first kappa shape index (κ1) is 23.9. The van der Waals surface area contributed by atoms with Gasteiger partial charge in [0.15, 0.2) is 11.5 Å². The summed E-state index contributed by atoms with van der Waals surface area (Å²) in [7, 11) is -3.59. The lowest BCUT2D eigenvalue weighted by molar-refractivity contribution is -0.126. The number of rotatable bonds is 6. The van der Waals surface area contributed by atoms with Gasteiger partial charge in [-0.3, -0.25) is 4.79 Å². The fourth-order valence-electron chi connectivity index (χ4n) is 4.13. The van der Waals surface area contributed by atoms with Crippen LogP contribution in [-0.4, -0.2) is 51.5 Å². The van der Waals surface area contributed by atoms with Gasteiger partial charge in [0.05, 0.1) is 4.90 Å². The molecule has 1 saturated heterocycles. The van der Waals surface area contributed by atoms with Gasteiger partial charge in [-0.25, -0.2) is 8.42 Å². The van der Waals surface area contributed by atoms with E-state index in [4.69, 9.17) is 21.1 Å². The number of piperidine rings is 1. The Balaban J connectivity index is 1.32. The molecule has 2 aromatic carbocycles. The van der Waals surface area contributed by atoms with E-state index in [0.717, 1.165) is 17.1 Å². The summed E-state index contributed by atoms with van der Waals surface area (Å²) in [5, 5.41) is 3.56. The van der Waals surface area contributed by atoms with E-state index in [9.17, 15) is 13.2 Å². The second-order valence-electron chi connectivity index (χ2n) is 9.09. The summed E-state index contributed by atoms with van der Waals surface area (Å²) >= 11 is 5.87. The van der Waals surface area contributed by atoms with E-state index in [1.807, 2.05) is 18.2 Å². The number of hydrogen-bond acceptors (Lipinski definition) is 5. The summed E-state index contributed by atoms with van der Waals surface area (Å²) < 4.78 is 38.4. The molecule has 0 radical (unpaired) electrons. The first-order chi connectivity index (χ1) is 15.7. The lowest BCUT2D eigenvalue weighted by atomic mass is 9.84. The van der Waals surface area contributed by atoms with Crippen LogP contribution in [-0.2, 0) is 20.2 Å². The van der Waals surface area contributed by atoms with E-state index in [1.54, 1.807) is 12.1 Å². The van der Waals surface area contributed by atoms with Crippen LogP contribution in [0.5, 0.6) is 11.5 Å². The third-order valence-corrected chi connectivity index (χ3v) is 8.47. The summed E-state index contributed by atoms with van der Waals surface area (Å²) in [6.45, 7) is 6.31. The molecule has 0 atom stereocenters. The lowest BCUT2D eigenvalue weighted by Crippen LogP contribution is -2.45. The van der Waals surface area contributed by atoms with Gasteiger partial charge in [0.2, 0.25) is 15.9 Å². The maximum Gasteiger partial charge on any atom is 0.243 e. The van der Waals surface area contributed by atoms with Crippen molar-refractivity contribution in [2.24, 2.45) is 5.92 Å². The topological polar surface area (TPSA) is 84.9 Å². The van der Waals surface area contributed by atoms with E-state index in [1.165, 1.54) is 16.4 Å². The standard InChI is InChI=1S/C24H29ClN2O5S/c1-24(2,18-3-8-21-22(15-18)32-14-13-31-21)16-26-23(28)17-9-11-27(12-10-17)33(29,30)20-6-4-19(25)5-7-20/h3-8,15,17H,9-14,16H2,1-2H3,(H,26,28). The Hall–Kier alpha value is -2.29. The summed E-state index contributed by atoms with van der Waals surface area (Å²) in [4.78, 5) is 13.1. The van der Waals surface area contributed by atoms with E-state index in [-0.39, 0.29) is 22.1 Å². The average Bonchev–Trinajstić information content (AvgIpc) is 2.82. The van der Waals surface area contributed by atoms with Crippen molar-refractivity contribution in [3.05, 3.63) is 53.1 Å². The molecule has 2 aromatic rings. The Labute approximate surface area is 200 Å². The first-order valence-corrected chi connectivity index (χ1v) is 12.9. The Bertz CT molecular complexity index is 1110. The van der Waals surface area contributed by atoms with Crippen LogP contribution < -0.4 is 14.8 Å². The second-order valence-corrected chi connectivity index (χ2v) is 11.5. The van der Waals surface area contributed by atoms with Crippen LogP contribution in [0.1, 0.15) is 32.3 Å². The number of halogens is 1. The molecule has 7 nitrogen and oxygen atoms in total. The first-order valence-electron chi connectivity index (χ1n) is 11.1. The van der Waals surface area contributed by atoms with Crippen molar-refractivity contribution in [2.75, 3.05) is 32.8 Å². The predicted molar refractivity (Wildman–Crippen MR) is 126 cm³/mol. The molecule has 1 N–H and O–H groups in total. The van der Waals surface area contributed by atoms with Gasteiger partial charge in [-0.15, -0.1) is 0 Å². The smallest absolute Gasteiger partial charge is 0.243 e. The number of nitrogens with one attached hydrogen (secondary N) is 1. The molecule has 2 aliphatic rings. The molecule has 0 saturated carbocycles. The fraction of sp³-hybridized carbons (Fsp3) is 0.458. The molecule has 1 fully saturated rings. The summed E-state index contributed by atoms with van der Waals surface area (Å²) in [5.74, 6) is 1.22.